The molecule has 0 saturated heterocycles. The van der Waals surface area contributed by atoms with Crippen molar-refractivity contribution in [2.75, 3.05) is 19.9 Å². The van der Waals surface area contributed by atoms with Crippen LogP contribution in [0.3, 0.4) is 0 Å². The lowest BCUT2D eigenvalue weighted by Crippen LogP contribution is -2.36. The van der Waals surface area contributed by atoms with E-state index in [-0.39, 0.29) is 24.0 Å². The van der Waals surface area contributed by atoms with Crippen molar-refractivity contribution in [3.05, 3.63) is 59.7 Å². The normalized spacial score (nSPS) is 11.4. The molecule has 0 amide bonds. The lowest BCUT2D eigenvalue weighted by atomic mass is 10.2. The zero-order chi connectivity index (χ0) is 19.0. The topological polar surface area (TPSA) is 79.8 Å². The largest absolute Gasteiger partial charge is 0.494 e. The molecule has 6 nitrogen and oxygen atoms in total. The van der Waals surface area contributed by atoms with E-state index in [0.29, 0.717) is 30.6 Å². The molecule has 0 atom stereocenters. The minimum atomic E-state index is -3.17. The van der Waals surface area contributed by atoms with Gasteiger partial charge in [0.05, 0.1) is 11.5 Å². The number of rotatable bonds is 7. The number of hydrogen-bond donors (Lipinski definition) is 2. The fourth-order valence-corrected chi connectivity index (χ4v) is 3.02. The molecule has 2 aromatic rings. The van der Waals surface area contributed by atoms with Gasteiger partial charge in [-0.15, -0.1) is 24.0 Å². The SMILES string of the molecule is CCOc1ccccc1CNC(=NC)NCc1ccc(S(C)(=O)=O)cc1.I. The van der Waals surface area contributed by atoms with Crippen molar-refractivity contribution < 1.29 is 13.2 Å². The molecular formula is C19H26IN3O3S. The molecule has 2 rings (SSSR count). The molecule has 2 N–H and O–H groups in total. The number of guanidine groups is 1. The van der Waals surface area contributed by atoms with Gasteiger partial charge in [0.2, 0.25) is 0 Å². The summed E-state index contributed by atoms with van der Waals surface area (Å²) in [4.78, 5) is 4.52. The smallest absolute Gasteiger partial charge is 0.191 e. The second-order valence-electron chi connectivity index (χ2n) is 5.74. The first-order valence-corrected chi connectivity index (χ1v) is 10.3. The van der Waals surface area contributed by atoms with Gasteiger partial charge < -0.3 is 15.4 Å². The van der Waals surface area contributed by atoms with Crippen LogP contribution in [0.5, 0.6) is 5.75 Å². The third kappa shape index (κ3) is 7.37. The standard InChI is InChI=1S/C19H25N3O3S.HI/c1-4-25-18-8-6-5-7-16(18)14-22-19(20-2)21-13-15-9-11-17(12-10-15)26(3,23)24;/h5-12H,4,13-14H2,1-3H3,(H2,20,21,22);1H. The molecule has 0 spiro atoms. The van der Waals surface area contributed by atoms with E-state index >= 15 is 0 Å². The molecule has 0 unspecified atom stereocenters. The first-order valence-electron chi connectivity index (χ1n) is 8.38. The third-order valence-electron chi connectivity index (χ3n) is 3.75. The van der Waals surface area contributed by atoms with Gasteiger partial charge in [-0.2, -0.15) is 0 Å². The summed E-state index contributed by atoms with van der Waals surface area (Å²) >= 11 is 0. The van der Waals surface area contributed by atoms with Gasteiger partial charge in [-0.05, 0) is 30.7 Å². The lowest BCUT2D eigenvalue weighted by molar-refractivity contribution is 0.336. The van der Waals surface area contributed by atoms with E-state index in [1.807, 2.05) is 31.2 Å². The number of ether oxygens (including phenoxy) is 1. The van der Waals surface area contributed by atoms with Crippen molar-refractivity contribution in [3.8, 4) is 5.75 Å². The van der Waals surface area contributed by atoms with Crippen molar-refractivity contribution in [2.45, 2.75) is 24.9 Å². The van der Waals surface area contributed by atoms with Gasteiger partial charge in [0.25, 0.3) is 0 Å². The molecular weight excluding hydrogens is 477 g/mol. The Morgan fingerprint density at radius 1 is 1.04 bits per heavy atom. The van der Waals surface area contributed by atoms with Gasteiger partial charge in [0.15, 0.2) is 15.8 Å². The zero-order valence-corrected chi connectivity index (χ0v) is 18.9. The first kappa shape index (κ1) is 23.2. The number of para-hydroxylation sites is 1. The maximum absolute atomic E-state index is 11.5. The summed E-state index contributed by atoms with van der Waals surface area (Å²) in [5.74, 6) is 1.51. The van der Waals surface area contributed by atoms with E-state index in [2.05, 4.69) is 15.6 Å². The number of nitrogens with one attached hydrogen (secondary N) is 2. The van der Waals surface area contributed by atoms with Gasteiger partial charge in [-0.25, -0.2) is 8.42 Å². The van der Waals surface area contributed by atoms with Crippen molar-refractivity contribution in [2.24, 2.45) is 4.99 Å². The maximum atomic E-state index is 11.5. The average Bonchev–Trinajstić information content (AvgIpc) is 2.63. The minimum Gasteiger partial charge on any atom is -0.494 e. The highest BCUT2D eigenvalue weighted by molar-refractivity contribution is 14.0. The van der Waals surface area contributed by atoms with E-state index in [0.717, 1.165) is 16.9 Å². The summed E-state index contributed by atoms with van der Waals surface area (Å²) in [5, 5.41) is 6.47. The third-order valence-corrected chi connectivity index (χ3v) is 4.88. The van der Waals surface area contributed by atoms with Crippen molar-refractivity contribution in [1.29, 1.82) is 0 Å². The summed E-state index contributed by atoms with van der Waals surface area (Å²) in [6, 6.07) is 14.7. The van der Waals surface area contributed by atoms with Crippen LogP contribution in [0.1, 0.15) is 18.1 Å². The molecule has 0 heterocycles. The summed E-state index contributed by atoms with van der Waals surface area (Å²) < 4.78 is 28.6. The molecule has 0 aliphatic rings. The van der Waals surface area contributed by atoms with Gasteiger partial charge >= 0.3 is 0 Å². The molecule has 148 valence electrons. The van der Waals surface area contributed by atoms with Gasteiger partial charge in [0.1, 0.15) is 5.75 Å². The molecule has 0 fully saturated rings. The second kappa shape index (κ2) is 11.1. The highest BCUT2D eigenvalue weighted by atomic mass is 127. The van der Waals surface area contributed by atoms with Crippen molar-refractivity contribution in [1.82, 2.24) is 10.6 Å². The van der Waals surface area contributed by atoms with E-state index in [1.54, 1.807) is 31.3 Å². The molecule has 0 aliphatic carbocycles. The average molecular weight is 503 g/mol. The van der Waals surface area contributed by atoms with E-state index in [1.165, 1.54) is 6.26 Å². The Labute approximate surface area is 178 Å². The zero-order valence-electron chi connectivity index (χ0n) is 15.7. The monoisotopic (exact) mass is 503 g/mol. The lowest BCUT2D eigenvalue weighted by Gasteiger charge is -2.14. The Morgan fingerprint density at radius 2 is 1.67 bits per heavy atom. The fraction of sp³-hybridized carbons (Fsp3) is 0.316. The van der Waals surface area contributed by atoms with Crippen LogP contribution in [0, 0.1) is 0 Å². The Hall–Kier alpha value is -1.81. The number of aliphatic imine (C=N–C) groups is 1. The Bertz CT molecular complexity index is 853. The molecule has 0 radical (unpaired) electrons. The molecule has 0 bridgehead atoms. The predicted molar refractivity (Wildman–Crippen MR) is 120 cm³/mol. The Morgan fingerprint density at radius 3 is 2.26 bits per heavy atom. The van der Waals surface area contributed by atoms with Gasteiger partial charge in [-0.1, -0.05) is 30.3 Å². The van der Waals surface area contributed by atoms with Gasteiger partial charge in [0, 0.05) is 32.0 Å². The molecule has 0 aliphatic heterocycles. The highest BCUT2D eigenvalue weighted by Crippen LogP contribution is 2.17. The number of nitrogens with zero attached hydrogens (tertiary/aromatic N) is 1. The van der Waals surface area contributed by atoms with E-state index in [9.17, 15) is 8.42 Å². The van der Waals surface area contributed by atoms with E-state index in [4.69, 9.17) is 4.74 Å². The van der Waals surface area contributed by atoms with Crippen LogP contribution in [0.2, 0.25) is 0 Å². The minimum absolute atomic E-state index is 0. The summed E-state index contributed by atoms with van der Waals surface area (Å²) in [7, 11) is -1.47. The van der Waals surface area contributed by atoms with Crippen LogP contribution in [0.15, 0.2) is 58.4 Å². The van der Waals surface area contributed by atoms with Crippen LogP contribution in [0.4, 0.5) is 0 Å². The molecule has 27 heavy (non-hydrogen) atoms. The molecule has 8 heteroatoms. The Balaban J connectivity index is 0.00000364. The predicted octanol–water partition coefficient (Wildman–Crippen LogP) is 2.97. The van der Waals surface area contributed by atoms with Crippen molar-refractivity contribution >= 4 is 39.8 Å². The molecule has 0 aromatic heterocycles. The number of sulfone groups is 1. The first-order chi connectivity index (χ1) is 12.4. The fourth-order valence-electron chi connectivity index (χ4n) is 2.39. The maximum Gasteiger partial charge on any atom is 0.191 e. The molecule has 0 saturated carbocycles. The van der Waals surface area contributed by atoms with Crippen LogP contribution in [-0.2, 0) is 22.9 Å². The Kier molecular flexibility index (Phi) is 9.57. The summed E-state index contributed by atoms with van der Waals surface area (Å²) in [5.41, 5.74) is 2.02. The van der Waals surface area contributed by atoms with Crippen LogP contribution in [-0.4, -0.2) is 34.3 Å². The van der Waals surface area contributed by atoms with Crippen LogP contribution < -0.4 is 15.4 Å². The van der Waals surface area contributed by atoms with Crippen LogP contribution in [0.25, 0.3) is 0 Å². The number of halogens is 1. The summed E-state index contributed by atoms with van der Waals surface area (Å²) in [6.07, 6.45) is 1.20. The van der Waals surface area contributed by atoms with Gasteiger partial charge in [-0.3, -0.25) is 4.99 Å². The quantitative estimate of drug-likeness (QED) is 0.345. The highest BCUT2D eigenvalue weighted by Gasteiger charge is 2.07. The summed E-state index contributed by atoms with van der Waals surface area (Å²) in [6.45, 7) is 3.70. The van der Waals surface area contributed by atoms with Crippen molar-refractivity contribution in [3.63, 3.8) is 0 Å². The van der Waals surface area contributed by atoms with E-state index < -0.39 is 9.84 Å². The van der Waals surface area contributed by atoms with Crippen LogP contribution >= 0.6 is 24.0 Å². The number of hydrogen-bond acceptors (Lipinski definition) is 4. The molecule has 2 aromatic carbocycles. The second-order valence-corrected chi connectivity index (χ2v) is 7.75. The number of benzene rings is 2.